The lowest BCUT2D eigenvalue weighted by Gasteiger charge is -2.10. The molecule has 0 bridgehead atoms. The first-order valence-corrected chi connectivity index (χ1v) is 8.70. The zero-order valence-corrected chi connectivity index (χ0v) is 16.9. The van der Waals surface area contributed by atoms with Crippen LogP contribution >= 0.6 is 31.9 Å². The maximum Gasteiger partial charge on any atom is 0.271 e. The van der Waals surface area contributed by atoms with E-state index in [-0.39, 0.29) is 5.75 Å². The van der Waals surface area contributed by atoms with E-state index in [1.165, 1.54) is 18.3 Å². The molecule has 0 radical (unpaired) electrons. The fraction of sp³-hybridized carbons (Fsp3) is 0.176. The molecule has 2 aromatic rings. The van der Waals surface area contributed by atoms with Crippen molar-refractivity contribution >= 4 is 44.0 Å². The summed E-state index contributed by atoms with van der Waals surface area (Å²) in [6, 6.07) is 6.62. The van der Waals surface area contributed by atoms with Crippen LogP contribution in [0.15, 0.2) is 38.3 Å². The normalized spacial score (nSPS) is 10.8. The van der Waals surface area contributed by atoms with Crippen molar-refractivity contribution in [3.8, 4) is 17.2 Å². The number of phenols is 1. The first-order valence-electron chi connectivity index (χ1n) is 7.11. The number of hydrazone groups is 1. The third-order valence-corrected chi connectivity index (χ3v) is 4.63. The highest BCUT2D eigenvalue weighted by Gasteiger charge is 2.11. The van der Waals surface area contributed by atoms with Gasteiger partial charge in [-0.1, -0.05) is 0 Å². The number of ether oxygens (including phenoxy) is 2. The van der Waals surface area contributed by atoms with Crippen LogP contribution in [0.5, 0.6) is 17.2 Å². The average molecular weight is 472 g/mol. The number of hydrogen-bond donors (Lipinski definition) is 2. The second-order valence-corrected chi connectivity index (χ2v) is 6.76. The number of nitrogens with one attached hydrogen (secondary N) is 1. The third kappa shape index (κ3) is 4.52. The lowest BCUT2D eigenvalue weighted by Crippen LogP contribution is -2.17. The fourth-order valence-corrected chi connectivity index (χ4v) is 3.24. The van der Waals surface area contributed by atoms with Crippen LogP contribution in [0.1, 0.15) is 21.5 Å². The molecule has 0 aliphatic rings. The van der Waals surface area contributed by atoms with E-state index in [1.54, 1.807) is 20.3 Å². The second kappa shape index (κ2) is 8.35. The molecule has 1 amide bonds. The van der Waals surface area contributed by atoms with Crippen molar-refractivity contribution in [1.29, 1.82) is 0 Å². The van der Waals surface area contributed by atoms with Crippen molar-refractivity contribution in [1.82, 2.24) is 5.43 Å². The van der Waals surface area contributed by atoms with Gasteiger partial charge in [-0.3, -0.25) is 4.79 Å². The van der Waals surface area contributed by atoms with Gasteiger partial charge in [0.15, 0.2) is 11.5 Å². The minimum atomic E-state index is -0.407. The van der Waals surface area contributed by atoms with Gasteiger partial charge in [0.25, 0.3) is 5.91 Å². The van der Waals surface area contributed by atoms with Crippen LogP contribution in [0.25, 0.3) is 0 Å². The third-order valence-electron chi connectivity index (χ3n) is 3.42. The summed E-state index contributed by atoms with van der Waals surface area (Å²) in [5.74, 6) is 0.823. The number of amides is 1. The highest BCUT2D eigenvalue weighted by Crippen LogP contribution is 2.33. The van der Waals surface area contributed by atoms with Gasteiger partial charge in [-0.2, -0.15) is 5.10 Å². The lowest BCUT2D eigenvalue weighted by atomic mass is 10.1. The number of benzene rings is 2. The van der Waals surface area contributed by atoms with E-state index in [4.69, 9.17) is 9.47 Å². The van der Waals surface area contributed by atoms with Crippen LogP contribution < -0.4 is 14.9 Å². The Morgan fingerprint density at radius 2 is 1.68 bits per heavy atom. The highest BCUT2D eigenvalue weighted by atomic mass is 79.9. The molecule has 0 atom stereocenters. The zero-order chi connectivity index (χ0) is 18.6. The number of carbonyl (C=O) groups is 1. The Labute approximate surface area is 162 Å². The van der Waals surface area contributed by atoms with Gasteiger partial charge in [-0.15, -0.1) is 0 Å². The molecule has 0 fully saturated rings. The van der Waals surface area contributed by atoms with Crippen LogP contribution in [-0.4, -0.2) is 31.4 Å². The van der Waals surface area contributed by atoms with E-state index in [0.29, 0.717) is 26.0 Å². The van der Waals surface area contributed by atoms with Gasteiger partial charge in [-0.25, -0.2) is 5.43 Å². The van der Waals surface area contributed by atoms with E-state index in [9.17, 15) is 9.90 Å². The van der Waals surface area contributed by atoms with Gasteiger partial charge in [0, 0.05) is 11.1 Å². The van der Waals surface area contributed by atoms with E-state index >= 15 is 0 Å². The maximum absolute atomic E-state index is 12.2. The predicted molar refractivity (Wildman–Crippen MR) is 103 cm³/mol. The van der Waals surface area contributed by atoms with Crippen LogP contribution in [0, 0.1) is 6.92 Å². The van der Waals surface area contributed by atoms with E-state index in [2.05, 4.69) is 42.4 Å². The van der Waals surface area contributed by atoms with Gasteiger partial charge in [0.2, 0.25) is 0 Å². The maximum atomic E-state index is 12.2. The summed E-state index contributed by atoms with van der Waals surface area (Å²) in [4.78, 5) is 12.2. The van der Waals surface area contributed by atoms with Crippen molar-refractivity contribution in [2.24, 2.45) is 5.10 Å². The second-order valence-electron chi connectivity index (χ2n) is 5.05. The molecule has 0 heterocycles. The van der Waals surface area contributed by atoms with Gasteiger partial charge in [-0.05, 0) is 68.6 Å². The number of rotatable bonds is 5. The van der Waals surface area contributed by atoms with Crippen molar-refractivity contribution in [2.75, 3.05) is 14.2 Å². The standard InChI is InChI=1S/C17H16Br2N2O4/c1-9-4-14(24-2)15(25-3)7-11(9)8-20-21-17(23)10-5-12(18)16(22)13(19)6-10/h4-8,22H,1-3H3,(H,21,23)/b20-8-. The molecule has 0 saturated heterocycles. The number of carbonyl (C=O) groups excluding carboxylic acids is 1. The summed E-state index contributed by atoms with van der Waals surface area (Å²) in [6.07, 6.45) is 1.53. The van der Waals surface area contributed by atoms with Crippen LogP contribution in [0.2, 0.25) is 0 Å². The molecule has 132 valence electrons. The molecular weight excluding hydrogens is 456 g/mol. The summed E-state index contributed by atoms with van der Waals surface area (Å²) >= 11 is 6.37. The van der Waals surface area contributed by atoms with Gasteiger partial charge >= 0.3 is 0 Å². The van der Waals surface area contributed by atoms with Gasteiger partial charge in [0.05, 0.1) is 29.4 Å². The van der Waals surface area contributed by atoms with Crippen molar-refractivity contribution in [3.05, 3.63) is 49.9 Å². The lowest BCUT2D eigenvalue weighted by molar-refractivity contribution is 0.0955. The predicted octanol–water partition coefficient (Wildman–Crippen LogP) is 4.01. The van der Waals surface area contributed by atoms with Crippen molar-refractivity contribution in [3.63, 3.8) is 0 Å². The quantitative estimate of drug-likeness (QED) is 0.510. The Hall–Kier alpha value is -2.06. The average Bonchev–Trinajstić information content (AvgIpc) is 2.59. The number of hydrogen-bond acceptors (Lipinski definition) is 5. The molecule has 0 spiro atoms. The molecule has 0 aromatic heterocycles. The fourth-order valence-electron chi connectivity index (χ4n) is 2.06. The highest BCUT2D eigenvalue weighted by molar-refractivity contribution is 9.11. The molecule has 0 aliphatic heterocycles. The monoisotopic (exact) mass is 470 g/mol. The topological polar surface area (TPSA) is 80.2 Å². The molecule has 0 unspecified atom stereocenters. The summed E-state index contributed by atoms with van der Waals surface area (Å²) in [7, 11) is 3.12. The minimum absolute atomic E-state index is 0.0287. The first kappa shape index (κ1) is 19.3. The number of halogens is 2. The van der Waals surface area contributed by atoms with Crippen LogP contribution in [0.4, 0.5) is 0 Å². The van der Waals surface area contributed by atoms with E-state index < -0.39 is 5.91 Å². The van der Waals surface area contributed by atoms with E-state index in [0.717, 1.165) is 11.1 Å². The molecule has 8 heteroatoms. The molecule has 2 aromatic carbocycles. The Balaban J connectivity index is 2.17. The molecule has 0 aliphatic carbocycles. The largest absolute Gasteiger partial charge is 0.506 e. The Morgan fingerprint density at radius 3 is 2.24 bits per heavy atom. The molecule has 25 heavy (non-hydrogen) atoms. The number of methoxy groups -OCH3 is 2. The summed E-state index contributed by atoms with van der Waals surface area (Å²) in [6.45, 7) is 1.90. The van der Waals surface area contributed by atoms with Crippen LogP contribution in [-0.2, 0) is 0 Å². The van der Waals surface area contributed by atoms with Gasteiger partial charge < -0.3 is 14.6 Å². The van der Waals surface area contributed by atoms with Crippen molar-refractivity contribution < 1.29 is 19.4 Å². The number of aryl methyl sites for hydroxylation is 1. The van der Waals surface area contributed by atoms with Gasteiger partial charge in [0.1, 0.15) is 5.75 Å². The summed E-state index contributed by atoms with van der Waals surface area (Å²) in [5.41, 5.74) is 4.50. The molecule has 2 rings (SSSR count). The first-order chi connectivity index (χ1) is 11.9. The minimum Gasteiger partial charge on any atom is -0.506 e. The Kier molecular flexibility index (Phi) is 6.44. The molecule has 0 saturated carbocycles. The molecule has 2 N–H and O–H groups in total. The van der Waals surface area contributed by atoms with Crippen molar-refractivity contribution in [2.45, 2.75) is 6.92 Å². The Morgan fingerprint density at radius 1 is 1.12 bits per heavy atom. The summed E-state index contributed by atoms with van der Waals surface area (Å²) < 4.78 is 11.3. The number of aromatic hydroxyl groups is 1. The SMILES string of the molecule is COc1cc(C)c(/C=N\NC(=O)c2cc(Br)c(O)c(Br)c2)cc1OC. The Bertz CT molecular complexity index is 815. The number of phenolic OH excluding ortho intramolecular Hbond substituents is 1. The number of nitrogens with zero attached hydrogens (tertiary/aromatic N) is 1. The summed E-state index contributed by atoms with van der Waals surface area (Å²) in [5, 5.41) is 13.7. The van der Waals surface area contributed by atoms with E-state index in [1.807, 2.05) is 13.0 Å². The zero-order valence-electron chi connectivity index (χ0n) is 13.8. The smallest absolute Gasteiger partial charge is 0.271 e. The molecular formula is C17H16Br2N2O4. The molecule has 6 nitrogen and oxygen atoms in total. The van der Waals surface area contributed by atoms with Crippen LogP contribution in [0.3, 0.4) is 0 Å².